The monoisotopic (exact) mass is 293 g/mol. The van der Waals surface area contributed by atoms with Crippen molar-refractivity contribution in [2.45, 2.75) is 13.0 Å². The predicted octanol–water partition coefficient (Wildman–Crippen LogP) is 4.16. The minimum absolute atomic E-state index is 0.143. The average molecular weight is 293 g/mol. The standard InChI is InChI=1S/C16H17F2NO2/c1-10(19-11-4-7-14(17)15(18)8-11)13-6-5-12(20-2)9-16(13)21-3/h4-10,19H,1-3H3. The van der Waals surface area contributed by atoms with Gasteiger partial charge in [-0.3, -0.25) is 0 Å². The summed E-state index contributed by atoms with van der Waals surface area (Å²) < 4.78 is 36.6. The van der Waals surface area contributed by atoms with E-state index in [1.54, 1.807) is 20.3 Å². The van der Waals surface area contributed by atoms with Gasteiger partial charge in [0, 0.05) is 23.4 Å². The second-order valence-corrected chi connectivity index (χ2v) is 4.60. The number of hydrogen-bond donors (Lipinski definition) is 1. The first-order valence-corrected chi connectivity index (χ1v) is 6.48. The molecule has 0 saturated carbocycles. The minimum atomic E-state index is -0.881. The Morgan fingerprint density at radius 1 is 0.952 bits per heavy atom. The van der Waals surface area contributed by atoms with Crippen LogP contribution >= 0.6 is 0 Å². The molecule has 0 aliphatic carbocycles. The Balaban J connectivity index is 2.23. The number of ether oxygens (including phenoxy) is 2. The van der Waals surface area contributed by atoms with Crippen molar-refractivity contribution in [2.24, 2.45) is 0 Å². The van der Waals surface area contributed by atoms with Crippen molar-refractivity contribution in [1.29, 1.82) is 0 Å². The molecule has 0 spiro atoms. The summed E-state index contributed by atoms with van der Waals surface area (Å²) >= 11 is 0. The Bertz CT molecular complexity index is 632. The molecule has 2 aromatic carbocycles. The second-order valence-electron chi connectivity index (χ2n) is 4.60. The molecular formula is C16H17F2NO2. The summed E-state index contributed by atoms with van der Waals surface area (Å²) in [6.45, 7) is 1.91. The Labute approximate surface area is 122 Å². The van der Waals surface area contributed by atoms with Crippen molar-refractivity contribution in [3.8, 4) is 11.5 Å². The smallest absolute Gasteiger partial charge is 0.160 e. The fraction of sp³-hybridized carbons (Fsp3) is 0.250. The van der Waals surface area contributed by atoms with Crippen LogP contribution in [0.5, 0.6) is 11.5 Å². The van der Waals surface area contributed by atoms with Gasteiger partial charge < -0.3 is 14.8 Å². The SMILES string of the molecule is COc1ccc(C(C)Nc2ccc(F)c(F)c2)c(OC)c1. The Morgan fingerprint density at radius 2 is 1.71 bits per heavy atom. The molecule has 5 heteroatoms. The number of halogens is 2. The van der Waals surface area contributed by atoms with E-state index in [0.29, 0.717) is 17.2 Å². The lowest BCUT2D eigenvalue weighted by molar-refractivity contribution is 0.390. The van der Waals surface area contributed by atoms with Gasteiger partial charge in [0.1, 0.15) is 11.5 Å². The van der Waals surface area contributed by atoms with Gasteiger partial charge in [0.05, 0.1) is 20.3 Å². The molecule has 0 heterocycles. The average Bonchev–Trinajstić information content (AvgIpc) is 2.50. The van der Waals surface area contributed by atoms with Crippen LogP contribution in [-0.4, -0.2) is 14.2 Å². The van der Waals surface area contributed by atoms with Gasteiger partial charge in [0.25, 0.3) is 0 Å². The third kappa shape index (κ3) is 3.42. The van der Waals surface area contributed by atoms with Crippen molar-refractivity contribution in [3.05, 3.63) is 53.6 Å². The Hall–Kier alpha value is -2.30. The molecule has 1 unspecified atom stereocenters. The first kappa shape index (κ1) is 15.1. The van der Waals surface area contributed by atoms with E-state index in [-0.39, 0.29) is 6.04 Å². The van der Waals surface area contributed by atoms with Crippen LogP contribution in [0.2, 0.25) is 0 Å². The van der Waals surface area contributed by atoms with Crippen molar-refractivity contribution in [3.63, 3.8) is 0 Å². The summed E-state index contributed by atoms with van der Waals surface area (Å²) in [6.07, 6.45) is 0. The molecule has 3 nitrogen and oxygen atoms in total. The van der Waals surface area contributed by atoms with Crippen LogP contribution in [0.1, 0.15) is 18.5 Å². The quantitative estimate of drug-likeness (QED) is 0.898. The molecule has 0 radical (unpaired) electrons. The number of rotatable bonds is 5. The third-order valence-corrected chi connectivity index (χ3v) is 3.21. The first-order valence-electron chi connectivity index (χ1n) is 6.48. The van der Waals surface area contributed by atoms with Gasteiger partial charge in [0.15, 0.2) is 11.6 Å². The lowest BCUT2D eigenvalue weighted by Crippen LogP contribution is -2.08. The van der Waals surface area contributed by atoms with E-state index in [9.17, 15) is 8.78 Å². The molecule has 0 aliphatic heterocycles. The molecule has 0 fully saturated rings. The maximum Gasteiger partial charge on any atom is 0.160 e. The van der Waals surface area contributed by atoms with Gasteiger partial charge in [-0.1, -0.05) is 0 Å². The van der Waals surface area contributed by atoms with E-state index in [1.807, 2.05) is 19.1 Å². The molecule has 1 atom stereocenters. The second kappa shape index (κ2) is 6.43. The van der Waals surface area contributed by atoms with E-state index in [4.69, 9.17) is 9.47 Å². The zero-order chi connectivity index (χ0) is 15.4. The van der Waals surface area contributed by atoms with Crippen molar-refractivity contribution in [2.75, 3.05) is 19.5 Å². The van der Waals surface area contributed by atoms with E-state index in [1.165, 1.54) is 6.07 Å². The summed E-state index contributed by atoms with van der Waals surface area (Å²) in [4.78, 5) is 0. The zero-order valence-corrected chi connectivity index (χ0v) is 12.1. The molecule has 2 rings (SSSR count). The highest BCUT2D eigenvalue weighted by molar-refractivity contribution is 5.49. The highest BCUT2D eigenvalue weighted by Gasteiger charge is 2.13. The van der Waals surface area contributed by atoms with Gasteiger partial charge in [-0.05, 0) is 31.2 Å². The van der Waals surface area contributed by atoms with Gasteiger partial charge in [-0.15, -0.1) is 0 Å². The molecule has 112 valence electrons. The number of hydrogen-bond acceptors (Lipinski definition) is 3. The summed E-state index contributed by atoms with van der Waals surface area (Å²) in [5.41, 5.74) is 1.39. The first-order chi connectivity index (χ1) is 10.0. The van der Waals surface area contributed by atoms with Crippen LogP contribution in [0.15, 0.2) is 36.4 Å². The number of benzene rings is 2. The lowest BCUT2D eigenvalue weighted by atomic mass is 10.1. The van der Waals surface area contributed by atoms with Crippen molar-refractivity contribution < 1.29 is 18.3 Å². The number of nitrogens with one attached hydrogen (secondary N) is 1. The highest BCUT2D eigenvalue weighted by atomic mass is 19.2. The van der Waals surface area contributed by atoms with E-state index in [0.717, 1.165) is 17.7 Å². The van der Waals surface area contributed by atoms with Crippen LogP contribution in [0, 0.1) is 11.6 Å². The molecule has 0 bridgehead atoms. The summed E-state index contributed by atoms with van der Waals surface area (Å²) in [6, 6.07) is 9.04. The molecular weight excluding hydrogens is 276 g/mol. The van der Waals surface area contributed by atoms with Gasteiger partial charge in [0.2, 0.25) is 0 Å². The normalized spacial score (nSPS) is 11.9. The van der Waals surface area contributed by atoms with Crippen LogP contribution in [0.3, 0.4) is 0 Å². The topological polar surface area (TPSA) is 30.5 Å². The summed E-state index contributed by atoms with van der Waals surface area (Å²) in [5.74, 6) is -0.392. The maximum absolute atomic E-state index is 13.2. The molecule has 0 aromatic heterocycles. The molecule has 1 N–H and O–H groups in total. The van der Waals surface area contributed by atoms with Gasteiger partial charge in [-0.2, -0.15) is 0 Å². The minimum Gasteiger partial charge on any atom is -0.497 e. The van der Waals surface area contributed by atoms with Crippen LogP contribution in [-0.2, 0) is 0 Å². The molecule has 2 aromatic rings. The van der Waals surface area contributed by atoms with E-state index in [2.05, 4.69) is 5.32 Å². The van der Waals surface area contributed by atoms with E-state index < -0.39 is 11.6 Å². The fourth-order valence-electron chi connectivity index (χ4n) is 2.09. The largest absolute Gasteiger partial charge is 0.497 e. The number of anilines is 1. The van der Waals surface area contributed by atoms with E-state index >= 15 is 0 Å². The maximum atomic E-state index is 13.2. The molecule has 0 aliphatic rings. The third-order valence-electron chi connectivity index (χ3n) is 3.21. The summed E-state index contributed by atoms with van der Waals surface area (Å²) in [7, 11) is 3.15. The zero-order valence-electron chi connectivity index (χ0n) is 12.1. The lowest BCUT2D eigenvalue weighted by Gasteiger charge is -2.19. The fourth-order valence-corrected chi connectivity index (χ4v) is 2.09. The predicted molar refractivity (Wildman–Crippen MR) is 77.9 cm³/mol. The van der Waals surface area contributed by atoms with Crippen molar-refractivity contribution in [1.82, 2.24) is 0 Å². The van der Waals surface area contributed by atoms with Crippen LogP contribution in [0.4, 0.5) is 14.5 Å². The van der Waals surface area contributed by atoms with Crippen LogP contribution in [0.25, 0.3) is 0 Å². The molecule has 0 saturated heterocycles. The molecule has 0 amide bonds. The summed E-state index contributed by atoms with van der Waals surface area (Å²) in [5, 5.41) is 3.11. The van der Waals surface area contributed by atoms with Crippen molar-refractivity contribution >= 4 is 5.69 Å². The van der Waals surface area contributed by atoms with Gasteiger partial charge >= 0.3 is 0 Å². The molecule has 21 heavy (non-hydrogen) atoms. The van der Waals surface area contributed by atoms with Gasteiger partial charge in [-0.25, -0.2) is 8.78 Å². The highest BCUT2D eigenvalue weighted by Crippen LogP contribution is 2.31. The number of methoxy groups -OCH3 is 2. The van der Waals surface area contributed by atoms with Crippen LogP contribution < -0.4 is 14.8 Å². The Morgan fingerprint density at radius 3 is 2.33 bits per heavy atom. The Kier molecular flexibility index (Phi) is 4.62.